The predicted octanol–water partition coefficient (Wildman–Crippen LogP) is 5.27. The topological polar surface area (TPSA) is 43.6 Å². The third-order valence-electron chi connectivity index (χ3n) is 4.79. The molecule has 4 aromatic rings. The second-order valence-corrected chi connectivity index (χ2v) is 7.25. The van der Waals surface area contributed by atoms with Crippen molar-refractivity contribution >= 4 is 0 Å². The number of alkyl halides is 3. The second-order valence-electron chi connectivity index (χ2n) is 7.25. The average Bonchev–Trinajstić information content (AvgIpc) is 3.25. The first-order valence-corrected chi connectivity index (χ1v) is 9.22. The first-order valence-electron chi connectivity index (χ1n) is 9.22. The molecule has 0 saturated carbocycles. The van der Waals surface area contributed by atoms with Gasteiger partial charge in [-0.25, -0.2) is 16.8 Å². The van der Waals surface area contributed by atoms with E-state index in [2.05, 4.69) is 22.2 Å². The van der Waals surface area contributed by atoms with E-state index in [9.17, 15) is 13.2 Å². The van der Waals surface area contributed by atoms with Gasteiger partial charge in [0.1, 0.15) is 0 Å². The fraction of sp³-hybridized carbons (Fsp3) is 0.174. The Kier molecular flexibility index (Phi) is 6.46. The smallest absolute Gasteiger partial charge is 0.300 e. The molecule has 4 nitrogen and oxygen atoms in total. The maximum Gasteiger partial charge on any atom is 2.00 e. The van der Waals surface area contributed by atoms with E-state index in [0.29, 0.717) is 5.69 Å². The minimum Gasteiger partial charge on any atom is -0.300 e. The number of benzene rings is 1. The summed E-state index contributed by atoms with van der Waals surface area (Å²) >= 11 is 0. The van der Waals surface area contributed by atoms with E-state index in [4.69, 9.17) is 4.98 Å². The summed E-state index contributed by atoms with van der Waals surface area (Å²) in [5.41, 5.74) is 1.52. The van der Waals surface area contributed by atoms with Gasteiger partial charge in [-0.1, -0.05) is 12.1 Å². The van der Waals surface area contributed by atoms with Crippen molar-refractivity contribution in [3.63, 3.8) is 0 Å². The molecule has 1 aromatic carbocycles. The van der Waals surface area contributed by atoms with Gasteiger partial charge in [0.2, 0.25) is 0 Å². The molecule has 0 atom stereocenters. The fourth-order valence-corrected chi connectivity index (χ4v) is 3.05. The number of nitrogens with zero attached hydrogens (tertiary/aromatic N) is 4. The third kappa shape index (κ3) is 4.77. The number of pyridine rings is 2. The van der Waals surface area contributed by atoms with Gasteiger partial charge in [0.15, 0.2) is 0 Å². The Morgan fingerprint density at radius 3 is 2.32 bits per heavy atom. The quantitative estimate of drug-likeness (QED) is 0.300. The SMILES string of the molecule is CC(C)(c1cccc(-c2[c-]cccc2)n1)c1ccn(-c2[c-]ccc(C(F)(F)F)n2)n1.[Pt+2]. The number of aromatic nitrogens is 4. The van der Waals surface area contributed by atoms with Gasteiger partial charge in [-0.15, -0.1) is 35.9 Å². The molecular formula is C23H17F3N4Pt. The van der Waals surface area contributed by atoms with Crippen LogP contribution in [-0.4, -0.2) is 19.7 Å². The summed E-state index contributed by atoms with van der Waals surface area (Å²) in [7, 11) is 0. The number of rotatable bonds is 4. The molecule has 0 aliphatic rings. The molecule has 0 unspecified atom stereocenters. The molecule has 0 radical (unpaired) electrons. The van der Waals surface area contributed by atoms with Crippen molar-refractivity contribution in [3.05, 3.63) is 96.1 Å². The molecule has 0 bridgehead atoms. The second kappa shape index (κ2) is 8.75. The normalized spacial score (nSPS) is 11.8. The summed E-state index contributed by atoms with van der Waals surface area (Å²) in [4.78, 5) is 8.40. The maximum atomic E-state index is 13.0. The number of hydrogen-bond acceptors (Lipinski definition) is 3. The monoisotopic (exact) mass is 601 g/mol. The predicted molar refractivity (Wildman–Crippen MR) is 106 cm³/mol. The Bertz CT molecular complexity index is 1170. The van der Waals surface area contributed by atoms with Crippen LogP contribution in [0.3, 0.4) is 0 Å². The molecule has 3 aromatic heterocycles. The van der Waals surface area contributed by atoms with E-state index in [1.54, 1.807) is 12.3 Å². The molecule has 0 saturated heterocycles. The largest absolute Gasteiger partial charge is 2.00 e. The molecule has 0 fully saturated rings. The minimum absolute atomic E-state index is 0. The Hall–Kier alpha value is -2.79. The van der Waals surface area contributed by atoms with Crippen molar-refractivity contribution in [2.45, 2.75) is 25.4 Å². The van der Waals surface area contributed by atoms with Crippen molar-refractivity contribution in [2.24, 2.45) is 0 Å². The summed E-state index contributed by atoms with van der Waals surface area (Å²) in [5, 5.41) is 4.46. The summed E-state index contributed by atoms with van der Waals surface area (Å²) in [5.74, 6) is -0.0209. The Balaban J connectivity index is 0.00000272. The molecule has 3 heterocycles. The first kappa shape index (κ1) is 22.9. The van der Waals surface area contributed by atoms with Crippen molar-refractivity contribution < 1.29 is 34.2 Å². The molecule has 4 rings (SSSR count). The van der Waals surface area contributed by atoms with E-state index < -0.39 is 17.3 Å². The van der Waals surface area contributed by atoms with E-state index in [1.807, 2.05) is 56.3 Å². The molecule has 8 heteroatoms. The summed E-state index contributed by atoms with van der Waals surface area (Å²) in [6, 6.07) is 23.0. The van der Waals surface area contributed by atoms with Crippen LogP contribution in [0.15, 0.2) is 66.9 Å². The van der Waals surface area contributed by atoms with Gasteiger partial charge in [0, 0.05) is 11.9 Å². The van der Waals surface area contributed by atoms with Gasteiger partial charge in [0.05, 0.1) is 22.6 Å². The van der Waals surface area contributed by atoms with Crippen molar-refractivity contribution in [1.82, 2.24) is 19.7 Å². The standard InChI is InChI=1S/C23H17F3N4.Pt/c1-22(2,18-11-6-10-17(27-18)16-8-4-3-5-9-16)19-14-15-30(29-19)21-13-7-12-20(28-21)23(24,25)26;/h3-8,10-12,14-15H,1-2H3;/q-2;+2. The van der Waals surface area contributed by atoms with Crippen LogP contribution in [0.2, 0.25) is 0 Å². The molecular weight excluding hydrogens is 584 g/mol. The summed E-state index contributed by atoms with van der Waals surface area (Å²) in [6.07, 6.45) is -2.96. The van der Waals surface area contributed by atoms with Gasteiger partial charge < -0.3 is 4.98 Å². The zero-order valence-electron chi connectivity index (χ0n) is 16.6. The molecule has 0 N–H and O–H groups in total. The van der Waals surface area contributed by atoms with Crippen LogP contribution < -0.4 is 0 Å². The third-order valence-corrected chi connectivity index (χ3v) is 4.79. The van der Waals surface area contributed by atoms with E-state index in [1.165, 1.54) is 10.7 Å². The molecule has 0 aliphatic carbocycles. The minimum atomic E-state index is -4.53. The molecule has 0 amide bonds. The van der Waals surface area contributed by atoms with Crippen molar-refractivity contribution in [3.8, 4) is 17.1 Å². The van der Waals surface area contributed by atoms with Crippen LogP contribution in [-0.2, 0) is 32.7 Å². The summed E-state index contributed by atoms with van der Waals surface area (Å²) < 4.78 is 40.2. The van der Waals surface area contributed by atoms with Gasteiger partial charge in [-0.2, -0.15) is 24.3 Å². The van der Waals surface area contributed by atoms with Crippen LogP contribution in [0, 0.1) is 12.1 Å². The van der Waals surface area contributed by atoms with Gasteiger partial charge in [-0.05, 0) is 31.7 Å². The molecule has 0 aliphatic heterocycles. The Labute approximate surface area is 192 Å². The van der Waals surface area contributed by atoms with Gasteiger partial charge in [0.25, 0.3) is 0 Å². The van der Waals surface area contributed by atoms with Crippen LogP contribution in [0.4, 0.5) is 13.2 Å². The fourth-order valence-electron chi connectivity index (χ4n) is 3.05. The molecule has 160 valence electrons. The molecule has 31 heavy (non-hydrogen) atoms. The average molecular weight is 601 g/mol. The Morgan fingerprint density at radius 1 is 0.806 bits per heavy atom. The van der Waals surface area contributed by atoms with Gasteiger partial charge in [-0.3, -0.25) is 4.98 Å². The van der Waals surface area contributed by atoms with Gasteiger partial charge >= 0.3 is 27.2 Å². The van der Waals surface area contributed by atoms with Crippen LogP contribution >= 0.6 is 0 Å². The Morgan fingerprint density at radius 2 is 1.61 bits per heavy atom. The molecule has 0 spiro atoms. The first-order chi connectivity index (χ1) is 14.2. The number of hydrogen-bond donors (Lipinski definition) is 0. The van der Waals surface area contributed by atoms with Crippen LogP contribution in [0.25, 0.3) is 17.1 Å². The van der Waals surface area contributed by atoms with Crippen molar-refractivity contribution in [2.75, 3.05) is 0 Å². The zero-order chi connectivity index (χ0) is 21.4. The maximum absolute atomic E-state index is 13.0. The van der Waals surface area contributed by atoms with E-state index in [0.717, 1.165) is 23.0 Å². The summed E-state index contributed by atoms with van der Waals surface area (Å²) in [6.45, 7) is 3.92. The van der Waals surface area contributed by atoms with Crippen molar-refractivity contribution in [1.29, 1.82) is 0 Å². The van der Waals surface area contributed by atoms with Crippen LogP contribution in [0.5, 0.6) is 0 Å². The van der Waals surface area contributed by atoms with E-state index in [-0.39, 0.29) is 26.9 Å². The van der Waals surface area contributed by atoms with Crippen LogP contribution in [0.1, 0.15) is 30.9 Å². The number of halogens is 3. The zero-order valence-corrected chi connectivity index (χ0v) is 18.9. The van der Waals surface area contributed by atoms with E-state index >= 15 is 0 Å².